The van der Waals surface area contributed by atoms with Crippen molar-refractivity contribution in [2.24, 2.45) is 5.92 Å². The normalized spacial score (nSPS) is 20.2. The smallest absolute Gasteiger partial charge is 0.308 e. The molecule has 1 aromatic rings. The van der Waals surface area contributed by atoms with E-state index in [1.807, 2.05) is 0 Å². The molecule has 0 radical (unpaired) electrons. The van der Waals surface area contributed by atoms with E-state index in [0.717, 1.165) is 0 Å². The lowest BCUT2D eigenvalue weighted by atomic mass is 10.1. The van der Waals surface area contributed by atoms with Gasteiger partial charge in [0.05, 0.1) is 5.92 Å². The van der Waals surface area contributed by atoms with Crippen molar-refractivity contribution in [3.05, 3.63) is 24.1 Å². The Morgan fingerprint density at radius 1 is 1.56 bits per heavy atom. The van der Waals surface area contributed by atoms with Crippen LogP contribution in [-0.2, 0) is 9.59 Å². The van der Waals surface area contributed by atoms with Crippen LogP contribution in [0.5, 0.6) is 0 Å². The molecule has 1 aliphatic heterocycles. The van der Waals surface area contributed by atoms with Gasteiger partial charge in [-0.2, -0.15) is 4.39 Å². The molecule has 6 heteroatoms. The van der Waals surface area contributed by atoms with Gasteiger partial charge >= 0.3 is 5.97 Å². The molecule has 0 aromatic carbocycles. The van der Waals surface area contributed by atoms with Gasteiger partial charge in [0.25, 0.3) is 0 Å². The average Bonchev–Trinajstić information content (AvgIpc) is 2.60. The van der Waals surface area contributed by atoms with Gasteiger partial charge in [0.15, 0.2) is 0 Å². The molecular formula is C10H9FN2O3. The highest BCUT2D eigenvalue weighted by molar-refractivity contribution is 5.98. The number of rotatable bonds is 2. The number of nitrogens with zero attached hydrogens (tertiary/aromatic N) is 2. The van der Waals surface area contributed by atoms with Crippen molar-refractivity contribution in [1.82, 2.24) is 4.98 Å². The SMILES string of the molecule is O=C(O)C1CC(=O)N(c2cccc(F)n2)C1. The Bertz CT molecular complexity index is 449. The minimum atomic E-state index is -1.02. The van der Waals surface area contributed by atoms with Crippen molar-refractivity contribution < 1.29 is 19.1 Å². The van der Waals surface area contributed by atoms with Gasteiger partial charge in [-0.05, 0) is 12.1 Å². The lowest BCUT2D eigenvalue weighted by molar-refractivity contribution is -0.141. The van der Waals surface area contributed by atoms with Crippen LogP contribution >= 0.6 is 0 Å². The quantitative estimate of drug-likeness (QED) is 0.749. The predicted molar refractivity (Wildman–Crippen MR) is 52.3 cm³/mol. The highest BCUT2D eigenvalue weighted by Crippen LogP contribution is 2.23. The lowest BCUT2D eigenvalue weighted by Gasteiger charge is -2.14. The Hall–Kier alpha value is -1.98. The zero-order valence-electron chi connectivity index (χ0n) is 8.26. The monoisotopic (exact) mass is 224 g/mol. The number of anilines is 1. The molecule has 1 unspecified atom stereocenters. The van der Waals surface area contributed by atoms with Gasteiger partial charge in [0, 0.05) is 13.0 Å². The standard InChI is InChI=1S/C10H9FN2O3/c11-7-2-1-3-8(12-7)13-5-6(10(15)16)4-9(13)14/h1-3,6H,4-5H2,(H,15,16). The van der Waals surface area contributed by atoms with Crippen molar-refractivity contribution >= 4 is 17.7 Å². The van der Waals surface area contributed by atoms with E-state index in [4.69, 9.17) is 5.11 Å². The molecule has 1 N–H and O–H groups in total. The lowest BCUT2D eigenvalue weighted by Crippen LogP contribution is -2.26. The third kappa shape index (κ3) is 1.86. The van der Waals surface area contributed by atoms with E-state index in [1.165, 1.54) is 23.1 Å². The first-order chi connectivity index (χ1) is 7.58. The first-order valence-electron chi connectivity index (χ1n) is 4.73. The highest BCUT2D eigenvalue weighted by Gasteiger charge is 2.35. The Kier molecular flexibility index (Phi) is 2.55. The fourth-order valence-electron chi connectivity index (χ4n) is 1.64. The van der Waals surface area contributed by atoms with Crippen LogP contribution in [-0.4, -0.2) is 28.5 Å². The molecule has 1 fully saturated rings. The summed E-state index contributed by atoms with van der Waals surface area (Å²) >= 11 is 0. The van der Waals surface area contributed by atoms with Gasteiger partial charge in [-0.15, -0.1) is 0 Å². The molecule has 1 aromatic heterocycles. The molecule has 0 bridgehead atoms. The number of carbonyl (C=O) groups is 2. The summed E-state index contributed by atoms with van der Waals surface area (Å²) in [5.41, 5.74) is 0. The largest absolute Gasteiger partial charge is 0.481 e. The molecule has 2 rings (SSSR count). The Morgan fingerprint density at radius 3 is 2.88 bits per heavy atom. The van der Waals surface area contributed by atoms with Gasteiger partial charge in [0.1, 0.15) is 5.82 Å². The minimum Gasteiger partial charge on any atom is -0.481 e. The molecule has 1 atom stereocenters. The molecule has 1 saturated heterocycles. The molecule has 16 heavy (non-hydrogen) atoms. The number of amides is 1. The molecule has 84 valence electrons. The average molecular weight is 224 g/mol. The Morgan fingerprint density at radius 2 is 2.31 bits per heavy atom. The third-order valence-electron chi connectivity index (χ3n) is 2.45. The number of hydrogen-bond acceptors (Lipinski definition) is 3. The summed E-state index contributed by atoms with van der Waals surface area (Å²) in [6.45, 7) is 0.0463. The molecule has 1 aliphatic rings. The number of aromatic nitrogens is 1. The molecule has 0 spiro atoms. The minimum absolute atomic E-state index is 0.0463. The van der Waals surface area contributed by atoms with E-state index in [9.17, 15) is 14.0 Å². The second-order valence-electron chi connectivity index (χ2n) is 3.56. The number of hydrogen-bond donors (Lipinski definition) is 1. The van der Waals surface area contributed by atoms with Crippen molar-refractivity contribution in [3.8, 4) is 0 Å². The van der Waals surface area contributed by atoms with E-state index in [-0.39, 0.29) is 24.7 Å². The van der Waals surface area contributed by atoms with E-state index >= 15 is 0 Å². The number of aliphatic carboxylic acids is 1. The fraction of sp³-hybridized carbons (Fsp3) is 0.300. The van der Waals surface area contributed by atoms with Crippen molar-refractivity contribution in [3.63, 3.8) is 0 Å². The van der Waals surface area contributed by atoms with Crippen molar-refractivity contribution in [2.45, 2.75) is 6.42 Å². The van der Waals surface area contributed by atoms with Crippen LogP contribution in [0.1, 0.15) is 6.42 Å². The first kappa shape index (κ1) is 10.5. The maximum Gasteiger partial charge on any atom is 0.308 e. The van der Waals surface area contributed by atoms with Gasteiger partial charge in [0.2, 0.25) is 11.9 Å². The van der Waals surface area contributed by atoms with Gasteiger partial charge in [-0.1, -0.05) is 6.07 Å². The maximum atomic E-state index is 12.8. The Labute approximate surface area is 90.5 Å². The second-order valence-corrected chi connectivity index (χ2v) is 3.56. The summed E-state index contributed by atoms with van der Waals surface area (Å²) in [7, 11) is 0. The summed E-state index contributed by atoms with van der Waals surface area (Å²) in [5, 5.41) is 8.78. The third-order valence-corrected chi connectivity index (χ3v) is 2.45. The van der Waals surface area contributed by atoms with E-state index < -0.39 is 17.8 Å². The zero-order valence-corrected chi connectivity index (χ0v) is 8.26. The van der Waals surface area contributed by atoms with Crippen LogP contribution in [0, 0.1) is 11.9 Å². The summed E-state index contributed by atoms with van der Waals surface area (Å²) in [5.74, 6) is -2.63. The van der Waals surface area contributed by atoms with E-state index in [1.54, 1.807) is 0 Å². The number of carboxylic acids is 1. The Balaban J connectivity index is 2.23. The van der Waals surface area contributed by atoms with Gasteiger partial charge in [-0.25, -0.2) is 4.98 Å². The van der Waals surface area contributed by atoms with E-state index in [2.05, 4.69) is 4.98 Å². The van der Waals surface area contributed by atoms with E-state index in [0.29, 0.717) is 0 Å². The summed E-state index contributed by atoms with van der Waals surface area (Å²) in [4.78, 5) is 27.0. The molecule has 0 saturated carbocycles. The first-order valence-corrected chi connectivity index (χ1v) is 4.73. The fourth-order valence-corrected chi connectivity index (χ4v) is 1.64. The van der Waals surface area contributed by atoms with Crippen LogP contribution in [0.25, 0.3) is 0 Å². The number of carbonyl (C=O) groups excluding carboxylic acids is 1. The predicted octanol–water partition coefficient (Wildman–Crippen LogP) is 0.658. The molecule has 5 nitrogen and oxygen atoms in total. The summed E-state index contributed by atoms with van der Waals surface area (Å²) in [6, 6.07) is 4.07. The van der Waals surface area contributed by atoms with Crippen molar-refractivity contribution in [2.75, 3.05) is 11.4 Å². The zero-order chi connectivity index (χ0) is 11.7. The van der Waals surface area contributed by atoms with Crippen molar-refractivity contribution in [1.29, 1.82) is 0 Å². The number of pyridine rings is 1. The molecule has 2 heterocycles. The number of carboxylic acid groups (broad SMARTS) is 1. The van der Waals surface area contributed by atoms with Crippen LogP contribution in [0.4, 0.5) is 10.2 Å². The molecule has 1 amide bonds. The van der Waals surface area contributed by atoms with Crippen LogP contribution < -0.4 is 4.90 Å². The second kappa shape index (κ2) is 3.88. The number of halogens is 1. The summed E-state index contributed by atoms with van der Waals surface area (Å²) in [6.07, 6.45) is -0.0620. The van der Waals surface area contributed by atoms with Crippen LogP contribution in [0.2, 0.25) is 0 Å². The van der Waals surface area contributed by atoms with Crippen LogP contribution in [0.15, 0.2) is 18.2 Å². The van der Waals surface area contributed by atoms with Crippen LogP contribution in [0.3, 0.4) is 0 Å². The maximum absolute atomic E-state index is 12.8. The van der Waals surface area contributed by atoms with Gasteiger partial charge in [-0.3, -0.25) is 14.5 Å². The topological polar surface area (TPSA) is 70.5 Å². The molecule has 0 aliphatic carbocycles. The molecular weight excluding hydrogens is 215 g/mol. The summed E-state index contributed by atoms with van der Waals surface area (Å²) < 4.78 is 12.8. The van der Waals surface area contributed by atoms with Gasteiger partial charge < -0.3 is 5.11 Å². The highest BCUT2D eigenvalue weighted by atomic mass is 19.1.